The molecule has 1 atom stereocenters. The molecule has 5 heteroatoms. The Morgan fingerprint density at radius 3 is 2.61 bits per heavy atom. The number of hydrogen-bond acceptors (Lipinski definition) is 3. The van der Waals surface area contributed by atoms with Crippen LogP contribution in [-0.4, -0.2) is 19.0 Å². The Hall–Kier alpha value is -1.49. The van der Waals surface area contributed by atoms with Crippen LogP contribution < -0.4 is 10.6 Å². The normalized spacial score (nSPS) is 16.6. The van der Waals surface area contributed by atoms with Gasteiger partial charge in [-0.3, -0.25) is 4.79 Å². The molecule has 3 rings (SSSR count). The first kappa shape index (κ1) is 17.9. The van der Waals surface area contributed by atoms with Crippen LogP contribution in [0.1, 0.15) is 12.8 Å². The molecule has 3 nitrogen and oxygen atoms in total. The van der Waals surface area contributed by atoms with Crippen LogP contribution in [0.5, 0.6) is 0 Å². The van der Waals surface area contributed by atoms with Crippen molar-refractivity contribution in [3.63, 3.8) is 0 Å². The number of amides is 1. The van der Waals surface area contributed by atoms with E-state index in [2.05, 4.69) is 22.8 Å². The fourth-order valence-electron chi connectivity index (χ4n) is 2.63. The van der Waals surface area contributed by atoms with Gasteiger partial charge in [0.15, 0.2) is 0 Å². The molecule has 1 heterocycles. The van der Waals surface area contributed by atoms with Gasteiger partial charge in [-0.25, -0.2) is 0 Å². The first-order valence-corrected chi connectivity index (χ1v) is 8.45. The van der Waals surface area contributed by atoms with E-state index in [1.54, 1.807) is 11.8 Å². The lowest BCUT2D eigenvalue weighted by molar-refractivity contribution is -0.117. The maximum atomic E-state index is 12.2. The SMILES string of the molecule is Cl.O=C(CC1CCNC1)Nc1ccccc1Sc1ccccc1. The molecular formula is C18H21ClN2OS. The topological polar surface area (TPSA) is 41.1 Å². The Balaban J connectivity index is 0.00000192. The second-order valence-electron chi connectivity index (χ2n) is 5.52. The average Bonchev–Trinajstić information content (AvgIpc) is 3.03. The summed E-state index contributed by atoms with van der Waals surface area (Å²) in [6.45, 7) is 1.98. The summed E-state index contributed by atoms with van der Waals surface area (Å²) in [7, 11) is 0. The van der Waals surface area contributed by atoms with Crippen molar-refractivity contribution >= 4 is 35.8 Å². The zero-order valence-electron chi connectivity index (χ0n) is 12.8. The lowest BCUT2D eigenvalue weighted by atomic mass is 10.0. The zero-order valence-corrected chi connectivity index (χ0v) is 14.5. The van der Waals surface area contributed by atoms with Crippen molar-refractivity contribution < 1.29 is 4.79 Å². The van der Waals surface area contributed by atoms with Crippen LogP contribution in [0.2, 0.25) is 0 Å². The van der Waals surface area contributed by atoms with Gasteiger partial charge < -0.3 is 10.6 Å². The third-order valence-corrected chi connectivity index (χ3v) is 4.85. The Morgan fingerprint density at radius 1 is 1.13 bits per heavy atom. The minimum atomic E-state index is 0. The zero-order chi connectivity index (χ0) is 15.2. The van der Waals surface area contributed by atoms with Gasteiger partial charge in [0.1, 0.15) is 0 Å². The molecule has 1 fully saturated rings. The first-order valence-electron chi connectivity index (χ1n) is 7.64. The summed E-state index contributed by atoms with van der Waals surface area (Å²) >= 11 is 1.67. The summed E-state index contributed by atoms with van der Waals surface area (Å²) in [5.41, 5.74) is 0.896. The van der Waals surface area contributed by atoms with E-state index >= 15 is 0 Å². The Kier molecular flexibility index (Phi) is 6.96. The largest absolute Gasteiger partial charge is 0.325 e. The van der Waals surface area contributed by atoms with Crippen molar-refractivity contribution in [3.05, 3.63) is 54.6 Å². The van der Waals surface area contributed by atoms with E-state index in [0.717, 1.165) is 30.1 Å². The second kappa shape index (κ2) is 8.96. The highest BCUT2D eigenvalue weighted by molar-refractivity contribution is 7.99. The molecule has 1 aliphatic rings. The quantitative estimate of drug-likeness (QED) is 0.850. The fraction of sp³-hybridized carbons (Fsp3) is 0.278. The summed E-state index contributed by atoms with van der Waals surface area (Å²) in [6, 6.07) is 18.2. The molecule has 2 N–H and O–H groups in total. The van der Waals surface area contributed by atoms with Crippen LogP contribution in [0.4, 0.5) is 5.69 Å². The molecule has 0 spiro atoms. The number of anilines is 1. The first-order chi connectivity index (χ1) is 10.8. The molecule has 0 saturated carbocycles. The van der Waals surface area contributed by atoms with Crippen LogP contribution in [0.25, 0.3) is 0 Å². The van der Waals surface area contributed by atoms with Gasteiger partial charge in [-0.2, -0.15) is 0 Å². The predicted octanol–water partition coefficient (Wildman–Crippen LogP) is 4.20. The van der Waals surface area contributed by atoms with Crippen molar-refractivity contribution in [3.8, 4) is 0 Å². The summed E-state index contributed by atoms with van der Waals surface area (Å²) < 4.78 is 0. The summed E-state index contributed by atoms with van der Waals surface area (Å²) in [5.74, 6) is 0.573. The van der Waals surface area contributed by atoms with E-state index in [4.69, 9.17) is 0 Å². The molecule has 0 bridgehead atoms. The van der Waals surface area contributed by atoms with Crippen molar-refractivity contribution in [1.29, 1.82) is 0 Å². The van der Waals surface area contributed by atoms with Crippen LogP contribution in [-0.2, 0) is 4.79 Å². The average molecular weight is 349 g/mol. The fourth-order valence-corrected chi connectivity index (χ4v) is 3.55. The summed E-state index contributed by atoms with van der Waals surface area (Å²) in [4.78, 5) is 14.5. The van der Waals surface area contributed by atoms with Crippen LogP contribution in [0.15, 0.2) is 64.4 Å². The highest BCUT2D eigenvalue weighted by Gasteiger charge is 2.18. The number of hydrogen-bond donors (Lipinski definition) is 2. The van der Waals surface area contributed by atoms with Gasteiger partial charge in [-0.05, 0) is 49.7 Å². The molecule has 0 radical (unpaired) electrons. The minimum Gasteiger partial charge on any atom is -0.325 e. The number of nitrogens with one attached hydrogen (secondary N) is 2. The summed E-state index contributed by atoms with van der Waals surface area (Å²) in [5, 5.41) is 6.37. The van der Waals surface area contributed by atoms with Crippen molar-refractivity contribution in [2.24, 2.45) is 5.92 Å². The number of carbonyl (C=O) groups is 1. The number of halogens is 1. The van der Waals surface area contributed by atoms with Crippen LogP contribution in [0, 0.1) is 5.92 Å². The highest BCUT2D eigenvalue weighted by atomic mass is 35.5. The van der Waals surface area contributed by atoms with Crippen molar-refractivity contribution in [1.82, 2.24) is 5.32 Å². The highest BCUT2D eigenvalue weighted by Crippen LogP contribution is 2.33. The molecule has 1 aliphatic heterocycles. The molecule has 2 aromatic carbocycles. The van der Waals surface area contributed by atoms with Gasteiger partial charge in [0, 0.05) is 16.2 Å². The lowest BCUT2D eigenvalue weighted by Gasteiger charge is -2.12. The van der Waals surface area contributed by atoms with Gasteiger partial charge >= 0.3 is 0 Å². The van der Waals surface area contributed by atoms with Crippen molar-refractivity contribution in [2.75, 3.05) is 18.4 Å². The van der Waals surface area contributed by atoms with Crippen LogP contribution in [0.3, 0.4) is 0 Å². The van der Waals surface area contributed by atoms with Gasteiger partial charge in [-0.1, -0.05) is 42.1 Å². The molecule has 1 saturated heterocycles. The molecule has 1 amide bonds. The Bertz CT molecular complexity index is 630. The second-order valence-corrected chi connectivity index (χ2v) is 6.64. The molecule has 2 aromatic rings. The molecule has 0 aliphatic carbocycles. The van der Waals surface area contributed by atoms with Gasteiger partial charge in [0.05, 0.1) is 5.69 Å². The standard InChI is InChI=1S/C18H20N2OS.ClH/c21-18(12-14-10-11-19-13-14)20-16-8-4-5-9-17(16)22-15-6-2-1-3-7-15;/h1-9,14,19H,10-13H2,(H,20,21);1H. The van der Waals surface area contributed by atoms with E-state index in [1.165, 1.54) is 4.90 Å². The number of rotatable bonds is 5. The van der Waals surface area contributed by atoms with E-state index in [1.807, 2.05) is 42.5 Å². The molecule has 23 heavy (non-hydrogen) atoms. The van der Waals surface area contributed by atoms with E-state index in [9.17, 15) is 4.79 Å². The molecule has 122 valence electrons. The maximum Gasteiger partial charge on any atom is 0.224 e. The lowest BCUT2D eigenvalue weighted by Crippen LogP contribution is -2.18. The molecular weight excluding hydrogens is 328 g/mol. The number of para-hydroxylation sites is 1. The van der Waals surface area contributed by atoms with E-state index < -0.39 is 0 Å². The van der Waals surface area contributed by atoms with Gasteiger partial charge in [0.25, 0.3) is 0 Å². The number of benzene rings is 2. The smallest absolute Gasteiger partial charge is 0.224 e. The van der Waals surface area contributed by atoms with E-state index in [0.29, 0.717) is 12.3 Å². The number of carbonyl (C=O) groups excluding carboxylic acids is 1. The van der Waals surface area contributed by atoms with E-state index in [-0.39, 0.29) is 18.3 Å². The Labute approximate surface area is 147 Å². The molecule has 1 unspecified atom stereocenters. The Morgan fingerprint density at radius 2 is 1.87 bits per heavy atom. The predicted molar refractivity (Wildman–Crippen MR) is 98.5 cm³/mol. The molecule has 0 aromatic heterocycles. The monoisotopic (exact) mass is 348 g/mol. The van der Waals surface area contributed by atoms with Gasteiger partial charge in [0.2, 0.25) is 5.91 Å². The maximum absolute atomic E-state index is 12.2. The van der Waals surface area contributed by atoms with Crippen molar-refractivity contribution in [2.45, 2.75) is 22.6 Å². The van der Waals surface area contributed by atoms with Gasteiger partial charge in [-0.15, -0.1) is 12.4 Å². The summed E-state index contributed by atoms with van der Waals surface area (Å²) in [6.07, 6.45) is 1.69. The third-order valence-electron chi connectivity index (χ3n) is 3.77. The minimum absolute atomic E-state index is 0. The van der Waals surface area contributed by atoms with Crippen LogP contribution >= 0.6 is 24.2 Å². The third kappa shape index (κ3) is 5.27.